The Labute approximate surface area is 130 Å². The summed E-state index contributed by atoms with van der Waals surface area (Å²) in [4.78, 5) is 11.9. The molecule has 1 aromatic rings. The first-order valence-corrected chi connectivity index (χ1v) is 7.18. The fourth-order valence-electron chi connectivity index (χ4n) is 2.20. The first-order chi connectivity index (χ1) is 9.95. The lowest BCUT2D eigenvalue weighted by atomic mass is 10.1. The third-order valence-electron chi connectivity index (χ3n) is 3.08. The minimum Gasteiger partial charge on any atom is -0.432 e. The van der Waals surface area contributed by atoms with Crippen molar-refractivity contribution in [3.05, 3.63) is 22.2 Å². The van der Waals surface area contributed by atoms with Crippen molar-refractivity contribution in [2.24, 2.45) is 0 Å². The number of benzene rings is 1. The first kappa shape index (κ1) is 16.3. The van der Waals surface area contributed by atoms with Crippen molar-refractivity contribution in [3.63, 3.8) is 0 Å². The van der Waals surface area contributed by atoms with E-state index in [4.69, 9.17) is 23.2 Å². The van der Waals surface area contributed by atoms with Crippen molar-refractivity contribution in [2.45, 2.75) is 31.9 Å². The molecule has 116 valence electrons. The number of ether oxygens (including phenoxy) is 1. The van der Waals surface area contributed by atoms with Crippen LogP contribution in [0.15, 0.2) is 12.1 Å². The lowest BCUT2D eigenvalue weighted by Gasteiger charge is -2.13. The fourth-order valence-corrected chi connectivity index (χ4v) is 2.78. The molecule has 1 aromatic carbocycles. The second-order valence-electron chi connectivity index (χ2n) is 4.69. The van der Waals surface area contributed by atoms with Crippen molar-refractivity contribution >= 4 is 34.8 Å². The van der Waals surface area contributed by atoms with Crippen molar-refractivity contribution in [1.82, 2.24) is 5.32 Å². The molecule has 1 saturated heterocycles. The molecule has 1 fully saturated rings. The summed E-state index contributed by atoms with van der Waals surface area (Å²) in [6, 6.07) is 2.81. The molecule has 2 N–H and O–H groups in total. The lowest BCUT2D eigenvalue weighted by Crippen LogP contribution is -2.27. The Balaban J connectivity index is 2.01. The third kappa shape index (κ3) is 4.69. The standard InChI is InChI=1S/C13H14Cl2F2N2O2/c14-9-4-8(5-10(15)12(9)21-13(16)17)19-11(20)6-7-2-1-3-18-7/h4-5,7,13,18H,1-3,6H2,(H,19,20). The summed E-state index contributed by atoms with van der Waals surface area (Å²) in [5.41, 5.74) is 0.342. The molecule has 0 spiro atoms. The van der Waals surface area contributed by atoms with E-state index in [-0.39, 0.29) is 27.7 Å². The summed E-state index contributed by atoms with van der Waals surface area (Å²) >= 11 is 11.7. The number of alkyl halides is 2. The smallest absolute Gasteiger partial charge is 0.387 e. The van der Waals surface area contributed by atoms with Gasteiger partial charge in [0.1, 0.15) is 0 Å². The van der Waals surface area contributed by atoms with Crippen molar-refractivity contribution < 1.29 is 18.3 Å². The van der Waals surface area contributed by atoms with Gasteiger partial charge in [-0.1, -0.05) is 23.2 Å². The molecule has 1 unspecified atom stereocenters. The average Bonchev–Trinajstić information content (AvgIpc) is 2.86. The molecule has 21 heavy (non-hydrogen) atoms. The number of hydrogen-bond acceptors (Lipinski definition) is 3. The molecular weight excluding hydrogens is 325 g/mol. The zero-order valence-corrected chi connectivity index (χ0v) is 12.5. The minimum absolute atomic E-state index is 0.0860. The number of anilines is 1. The number of hydrogen-bond donors (Lipinski definition) is 2. The summed E-state index contributed by atoms with van der Waals surface area (Å²) in [5, 5.41) is 5.68. The van der Waals surface area contributed by atoms with E-state index in [2.05, 4.69) is 15.4 Å². The number of halogens is 4. The molecule has 1 heterocycles. The van der Waals surface area contributed by atoms with Gasteiger partial charge in [0.15, 0.2) is 5.75 Å². The molecule has 8 heteroatoms. The van der Waals surface area contributed by atoms with Gasteiger partial charge < -0.3 is 15.4 Å². The van der Waals surface area contributed by atoms with Gasteiger partial charge in [-0.15, -0.1) is 0 Å². The van der Waals surface area contributed by atoms with E-state index < -0.39 is 6.61 Å². The molecule has 0 saturated carbocycles. The van der Waals surface area contributed by atoms with Gasteiger partial charge in [0.25, 0.3) is 0 Å². The van der Waals surface area contributed by atoms with E-state index in [1.54, 1.807) is 0 Å². The molecular formula is C13H14Cl2F2N2O2. The molecule has 2 rings (SSSR count). The van der Waals surface area contributed by atoms with Crippen LogP contribution in [0.4, 0.5) is 14.5 Å². The minimum atomic E-state index is -3.02. The second-order valence-corrected chi connectivity index (χ2v) is 5.51. The van der Waals surface area contributed by atoms with Crippen molar-refractivity contribution in [3.8, 4) is 5.75 Å². The number of amides is 1. The number of rotatable bonds is 5. The molecule has 4 nitrogen and oxygen atoms in total. The van der Waals surface area contributed by atoms with Gasteiger partial charge in [0, 0.05) is 18.2 Å². The van der Waals surface area contributed by atoms with Crippen LogP contribution in [0.5, 0.6) is 5.75 Å². The Morgan fingerprint density at radius 2 is 2.10 bits per heavy atom. The molecule has 0 aromatic heterocycles. The van der Waals surface area contributed by atoms with E-state index in [0.717, 1.165) is 19.4 Å². The van der Waals surface area contributed by atoms with Gasteiger partial charge in [-0.05, 0) is 31.5 Å². The highest BCUT2D eigenvalue weighted by Gasteiger charge is 2.19. The largest absolute Gasteiger partial charge is 0.432 e. The molecule has 1 aliphatic heterocycles. The van der Waals surface area contributed by atoms with Crippen LogP contribution in [-0.4, -0.2) is 25.1 Å². The predicted octanol–water partition coefficient (Wildman–Crippen LogP) is 3.68. The molecule has 0 bridgehead atoms. The van der Waals surface area contributed by atoms with Gasteiger partial charge in [-0.2, -0.15) is 8.78 Å². The summed E-state index contributed by atoms with van der Waals surface area (Å²) in [5.74, 6) is -0.493. The average molecular weight is 339 g/mol. The van der Waals surface area contributed by atoms with Crippen LogP contribution < -0.4 is 15.4 Å². The van der Waals surface area contributed by atoms with Gasteiger partial charge in [-0.3, -0.25) is 4.79 Å². The Bertz CT molecular complexity index is 500. The molecule has 1 aliphatic rings. The predicted molar refractivity (Wildman–Crippen MR) is 77.4 cm³/mol. The Hall–Kier alpha value is -1.11. The topological polar surface area (TPSA) is 50.4 Å². The number of carbonyl (C=O) groups excluding carboxylic acids is 1. The first-order valence-electron chi connectivity index (χ1n) is 6.43. The van der Waals surface area contributed by atoms with E-state index in [1.807, 2.05) is 0 Å². The quantitative estimate of drug-likeness (QED) is 0.861. The van der Waals surface area contributed by atoms with Gasteiger partial charge >= 0.3 is 6.61 Å². The highest BCUT2D eigenvalue weighted by molar-refractivity contribution is 6.37. The summed E-state index contributed by atoms with van der Waals surface area (Å²) in [7, 11) is 0. The molecule has 1 amide bonds. The Kier molecular flexibility index (Phi) is 5.61. The van der Waals surface area contributed by atoms with Gasteiger partial charge in [0.2, 0.25) is 5.91 Å². The van der Waals surface area contributed by atoms with Gasteiger partial charge in [0.05, 0.1) is 10.0 Å². The van der Waals surface area contributed by atoms with E-state index in [9.17, 15) is 13.6 Å². The summed E-state index contributed by atoms with van der Waals surface area (Å²) < 4.78 is 28.6. The Morgan fingerprint density at radius 3 is 2.62 bits per heavy atom. The van der Waals surface area contributed by atoms with Gasteiger partial charge in [-0.25, -0.2) is 0 Å². The van der Waals surface area contributed by atoms with Crippen LogP contribution in [0.3, 0.4) is 0 Å². The zero-order chi connectivity index (χ0) is 15.4. The third-order valence-corrected chi connectivity index (χ3v) is 3.64. The fraction of sp³-hybridized carbons (Fsp3) is 0.462. The van der Waals surface area contributed by atoms with Crippen LogP contribution in [0.1, 0.15) is 19.3 Å². The maximum absolute atomic E-state index is 12.2. The number of carbonyl (C=O) groups is 1. The van der Waals surface area contributed by atoms with E-state index in [0.29, 0.717) is 12.1 Å². The summed E-state index contributed by atoms with van der Waals surface area (Å²) in [6.45, 7) is -2.11. The zero-order valence-electron chi connectivity index (χ0n) is 11.0. The van der Waals surface area contributed by atoms with Crippen molar-refractivity contribution in [2.75, 3.05) is 11.9 Å². The van der Waals surface area contributed by atoms with Crippen LogP contribution in [0, 0.1) is 0 Å². The number of nitrogens with one attached hydrogen (secondary N) is 2. The van der Waals surface area contributed by atoms with Crippen LogP contribution in [0.2, 0.25) is 10.0 Å². The normalized spacial score (nSPS) is 18.0. The van der Waals surface area contributed by atoms with E-state index in [1.165, 1.54) is 12.1 Å². The van der Waals surface area contributed by atoms with E-state index >= 15 is 0 Å². The highest BCUT2D eigenvalue weighted by atomic mass is 35.5. The maximum Gasteiger partial charge on any atom is 0.387 e. The molecule has 0 radical (unpaired) electrons. The monoisotopic (exact) mass is 338 g/mol. The van der Waals surface area contributed by atoms with Crippen LogP contribution in [-0.2, 0) is 4.79 Å². The van der Waals surface area contributed by atoms with Crippen LogP contribution >= 0.6 is 23.2 Å². The lowest BCUT2D eigenvalue weighted by molar-refractivity contribution is -0.116. The highest BCUT2D eigenvalue weighted by Crippen LogP contribution is 2.37. The Morgan fingerprint density at radius 1 is 1.43 bits per heavy atom. The maximum atomic E-state index is 12.2. The summed E-state index contributed by atoms with van der Waals surface area (Å²) in [6.07, 6.45) is 2.34. The second kappa shape index (κ2) is 7.24. The molecule has 1 atom stereocenters. The SMILES string of the molecule is O=C(CC1CCCN1)Nc1cc(Cl)c(OC(F)F)c(Cl)c1. The van der Waals surface area contributed by atoms with Crippen LogP contribution in [0.25, 0.3) is 0 Å². The molecule has 0 aliphatic carbocycles. The van der Waals surface area contributed by atoms with Crippen molar-refractivity contribution in [1.29, 1.82) is 0 Å².